The molecule has 2 aromatic rings. The third-order valence-electron chi connectivity index (χ3n) is 5.11. The lowest BCUT2D eigenvalue weighted by molar-refractivity contribution is -0.158. The number of carbonyl (C=O) groups is 3. The quantitative estimate of drug-likeness (QED) is 0.680. The third-order valence-corrected chi connectivity index (χ3v) is 5.11. The van der Waals surface area contributed by atoms with Crippen LogP contribution < -0.4 is 15.0 Å². The number of amides is 2. The first-order valence-electron chi connectivity index (χ1n) is 10.2. The summed E-state index contributed by atoms with van der Waals surface area (Å²) in [6.07, 6.45) is -0.918. The van der Waals surface area contributed by atoms with Gasteiger partial charge in [-0.2, -0.15) is 0 Å². The first-order chi connectivity index (χ1) is 15.0. The van der Waals surface area contributed by atoms with Gasteiger partial charge in [-0.3, -0.25) is 14.4 Å². The Morgan fingerprint density at radius 2 is 1.61 bits per heavy atom. The molecule has 0 radical (unpaired) electrons. The number of rotatable bonds is 7. The predicted molar refractivity (Wildman–Crippen MR) is 116 cm³/mol. The number of para-hydroxylation sites is 2. The molecule has 164 valence electrons. The molecular weight excluding hydrogens is 398 g/mol. The third kappa shape index (κ3) is 5.75. The maximum Gasteiger partial charge on any atom is 0.326 e. The number of anilines is 1. The zero-order valence-electron chi connectivity index (χ0n) is 17.7. The van der Waals surface area contributed by atoms with Crippen LogP contribution in [0, 0.1) is 0 Å². The minimum Gasteiger partial charge on any atom is -0.496 e. The number of nitrogens with one attached hydrogen (secondary N) is 1. The zero-order valence-corrected chi connectivity index (χ0v) is 17.7. The number of hydrogen-bond donors (Lipinski definition) is 1. The maximum atomic E-state index is 12.6. The Balaban J connectivity index is 1.44. The summed E-state index contributed by atoms with van der Waals surface area (Å²) >= 11 is 0. The number of carbonyl (C=O) groups excluding carboxylic acids is 3. The van der Waals surface area contributed by atoms with E-state index in [1.165, 1.54) is 7.11 Å². The summed E-state index contributed by atoms with van der Waals surface area (Å²) in [7, 11) is 1.47. The number of benzene rings is 2. The summed E-state index contributed by atoms with van der Waals surface area (Å²) in [6.45, 7) is 3.75. The van der Waals surface area contributed by atoms with Crippen LogP contribution in [0.5, 0.6) is 5.75 Å². The Kier molecular flexibility index (Phi) is 7.48. The minimum absolute atomic E-state index is 0.239. The van der Waals surface area contributed by atoms with E-state index in [0.29, 0.717) is 37.5 Å². The Hall–Kier alpha value is -3.55. The van der Waals surface area contributed by atoms with Crippen molar-refractivity contribution in [2.75, 3.05) is 44.7 Å². The molecule has 1 N–H and O–H groups in total. The van der Waals surface area contributed by atoms with Gasteiger partial charge in [-0.1, -0.05) is 30.3 Å². The molecule has 2 amide bonds. The largest absolute Gasteiger partial charge is 0.496 e. The summed E-state index contributed by atoms with van der Waals surface area (Å²) in [5, 5.41) is 2.50. The first kappa shape index (κ1) is 22.1. The highest BCUT2D eigenvalue weighted by molar-refractivity contribution is 5.98. The summed E-state index contributed by atoms with van der Waals surface area (Å²) in [5.41, 5.74) is 1.44. The van der Waals surface area contributed by atoms with Crippen LogP contribution in [0.2, 0.25) is 0 Å². The van der Waals surface area contributed by atoms with Gasteiger partial charge in [0.25, 0.3) is 11.8 Å². The van der Waals surface area contributed by atoms with Crippen LogP contribution in [0.4, 0.5) is 5.69 Å². The molecule has 0 saturated carbocycles. The molecule has 0 unspecified atom stereocenters. The highest BCUT2D eigenvalue weighted by atomic mass is 16.5. The van der Waals surface area contributed by atoms with Crippen LogP contribution in [0.3, 0.4) is 0 Å². The second-order valence-electron chi connectivity index (χ2n) is 7.16. The number of hydrogen-bond acceptors (Lipinski definition) is 6. The highest BCUT2D eigenvalue weighted by Gasteiger charge is 2.27. The predicted octanol–water partition coefficient (Wildman–Crippen LogP) is 1.71. The summed E-state index contributed by atoms with van der Waals surface area (Å²) in [4.78, 5) is 40.9. The fraction of sp³-hybridized carbons (Fsp3) is 0.348. The monoisotopic (exact) mass is 425 g/mol. The van der Waals surface area contributed by atoms with E-state index in [1.54, 1.807) is 36.1 Å². The van der Waals surface area contributed by atoms with Gasteiger partial charge in [0.1, 0.15) is 12.3 Å². The van der Waals surface area contributed by atoms with Crippen molar-refractivity contribution in [2.45, 2.75) is 13.0 Å². The molecular formula is C23H27N3O5. The van der Waals surface area contributed by atoms with Crippen LogP contribution in [0.15, 0.2) is 54.6 Å². The van der Waals surface area contributed by atoms with Crippen LogP contribution in [-0.4, -0.2) is 68.6 Å². The zero-order chi connectivity index (χ0) is 22.2. The molecule has 2 aromatic carbocycles. The Morgan fingerprint density at radius 3 is 2.29 bits per heavy atom. The Bertz CT molecular complexity index is 910. The lowest BCUT2D eigenvalue weighted by atomic mass is 10.2. The van der Waals surface area contributed by atoms with Crippen molar-refractivity contribution in [3.8, 4) is 5.75 Å². The molecule has 0 aliphatic carbocycles. The lowest BCUT2D eigenvalue weighted by Gasteiger charge is -2.37. The van der Waals surface area contributed by atoms with Crippen LogP contribution >= 0.6 is 0 Å². The van der Waals surface area contributed by atoms with Gasteiger partial charge in [-0.25, -0.2) is 0 Å². The van der Waals surface area contributed by atoms with Crippen LogP contribution in [-0.2, 0) is 14.3 Å². The van der Waals surface area contributed by atoms with Crippen LogP contribution in [0.25, 0.3) is 0 Å². The lowest BCUT2D eigenvalue weighted by Crippen LogP contribution is -2.52. The molecule has 1 atom stereocenters. The van der Waals surface area contributed by atoms with Gasteiger partial charge >= 0.3 is 5.97 Å². The molecule has 1 fully saturated rings. The topological polar surface area (TPSA) is 88.2 Å². The van der Waals surface area contributed by atoms with E-state index >= 15 is 0 Å². The van der Waals surface area contributed by atoms with Gasteiger partial charge in [0.2, 0.25) is 0 Å². The second kappa shape index (κ2) is 10.5. The Labute approximate surface area is 181 Å². The van der Waals surface area contributed by atoms with Gasteiger partial charge in [0, 0.05) is 31.9 Å². The molecule has 3 rings (SSSR count). The van der Waals surface area contributed by atoms with E-state index in [4.69, 9.17) is 9.47 Å². The second-order valence-corrected chi connectivity index (χ2v) is 7.16. The SMILES string of the molecule is COc1ccccc1C(=O)NCC(=O)O[C@H](C)C(=O)N1CCN(c2ccccc2)CC1. The molecule has 0 spiro atoms. The number of nitrogens with zero attached hydrogens (tertiary/aromatic N) is 2. The van der Waals surface area contributed by atoms with Crippen molar-refractivity contribution < 1.29 is 23.9 Å². The summed E-state index contributed by atoms with van der Waals surface area (Å²) in [6, 6.07) is 16.7. The average molecular weight is 425 g/mol. The van der Waals surface area contributed by atoms with Crippen molar-refractivity contribution in [2.24, 2.45) is 0 Å². The number of piperazine rings is 1. The van der Waals surface area contributed by atoms with Gasteiger partial charge in [0.15, 0.2) is 6.10 Å². The molecule has 31 heavy (non-hydrogen) atoms. The molecule has 1 saturated heterocycles. The van der Waals surface area contributed by atoms with Gasteiger partial charge in [0.05, 0.1) is 12.7 Å². The fourth-order valence-electron chi connectivity index (χ4n) is 3.45. The van der Waals surface area contributed by atoms with Crippen LogP contribution in [0.1, 0.15) is 17.3 Å². The standard InChI is InChI=1S/C23H27N3O5/c1-17(23(29)26-14-12-25(13-15-26)18-8-4-3-5-9-18)31-21(27)16-24-22(28)19-10-6-7-11-20(19)30-2/h3-11,17H,12-16H2,1-2H3,(H,24,28)/t17-/m1/s1. The summed E-state index contributed by atoms with van der Waals surface area (Å²) in [5.74, 6) is -0.957. The maximum absolute atomic E-state index is 12.6. The van der Waals surface area contributed by atoms with E-state index < -0.39 is 18.0 Å². The van der Waals surface area contributed by atoms with E-state index in [1.807, 2.05) is 30.3 Å². The molecule has 1 aliphatic heterocycles. The Morgan fingerprint density at radius 1 is 0.968 bits per heavy atom. The van der Waals surface area contributed by atoms with E-state index in [2.05, 4.69) is 10.2 Å². The van der Waals surface area contributed by atoms with E-state index in [9.17, 15) is 14.4 Å². The first-order valence-corrected chi connectivity index (χ1v) is 10.2. The van der Waals surface area contributed by atoms with Gasteiger partial charge in [-0.15, -0.1) is 0 Å². The smallest absolute Gasteiger partial charge is 0.326 e. The van der Waals surface area contributed by atoms with Gasteiger partial charge in [-0.05, 0) is 31.2 Å². The molecule has 8 heteroatoms. The molecule has 0 aromatic heterocycles. The molecule has 1 aliphatic rings. The van der Waals surface area contributed by atoms with Crippen molar-refractivity contribution in [1.82, 2.24) is 10.2 Å². The number of ether oxygens (including phenoxy) is 2. The fourth-order valence-corrected chi connectivity index (χ4v) is 3.45. The minimum atomic E-state index is -0.918. The number of methoxy groups -OCH3 is 1. The highest BCUT2D eigenvalue weighted by Crippen LogP contribution is 2.17. The number of esters is 1. The summed E-state index contributed by atoms with van der Waals surface area (Å²) < 4.78 is 10.4. The van der Waals surface area contributed by atoms with E-state index in [0.717, 1.165) is 5.69 Å². The molecule has 8 nitrogen and oxygen atoms in total. The van der Waals surface area contributed by atoms with Gasteiger partial charge < -0.3 is 24.6 Å². The normalized spacial score (nSPS) is 14.5. The molecule has 0 bridgehead atoms. The van der Waals surface area contributed by atoms with Crippen molar-refractivity contribution in [3.05, 3.63) is 60.2 Å². The van der Waals surface area contributed by atoms with E-state index in [-0.39, 0.29) is 12.5 Å². The van der Waals surface area contributed by atoms with Crippen molar-refractivity contribution in [3.63, 3.8) is 0 Å². The van der Waals surface area contributed by atoms with Crippen molar-refractivity contribution >= 4 is 23.5 Å². The van der Waals surface area contributed by atoms with Crippen molar-refractivity contribution in [1.29, 1.82) is 0 Å². The molecule has 1 heterocycles. The average Bonchev–Trinajstić information content (AvgIpc) is 2.82.